The highest BCUT2D eigenvalue weighted by Crippen LogP contribution is 2.13. The average molecular weight is 360 g/mol. The van der Waals surface area contributed by atoms with Crippen molar-refractivity contribution >= 4 is 0 Å². The summed E-state index contributed by atoms with van der Waals surface area (Å²) in [5.41, 5.74) is 2.05. The smallest absolute Gasteiger partial charge is 0.123 e. The molecule has 0 radical (unpaired) electrons. The van der Waals surface area contributed by atoms with Crippen LogP contribution in [-0.2, 0) is 17.8 Å². The quantitative estimate of drug-likeness (QED) is 0.589. The van der Waals surface area contributed by atoms with Gasteiger partial charge in [-0.25, -0.2) is 4.39 Å². The van der Waals surface area contributed by atoms with Gasteiger partial charge in [0.2, 0.25) is 0 Å². The van der Waals surface area contributed by atoms with Crippen molar-refractivity contribution in [3.63, 3.8) is 0 Å². The summed E-state index contributed by atoms with van der Waals surface area (Å²) < 4.78 is 20.7. The zero-order valence-electron chi connectivity index (χ0n) is 15.5. The largest absolute Gasteiger partial charge is 0.392 e. The van der Waals surface area contributed by atoms with Gasteiger partial charge in [-0.3, -0.25) is 4.90 Å². The lowest BCUT2D eigenvalue weighted by Crippen LogP contribution is -2.35. The fraction of sp³-hybridized carbons (Fsp3) is 0.429. The molecule has 1 aromatic carbocycles. The van der Waals surface area contributed by atoms with Crippen molar-refractivity contribution in [3.05, 3.63) is 72.3 Å². The van der Waals surface area contributed by atoms with E-state index >= 15 is 0 Å². The third-order valence-corrected chi connectivity index (χ3v) is 4.34. The molecular formula is C21H29FN2O2. The van der Waals surface area contributed by atoms with Gasteiger partial charge in [-0.1, -0.05) is 18.2 Å². The highest BCUT2D eigenvalue weighted by molar-refractivity contribution is 5.18. The van der Waals surface area contributed by atoms with E-state index in [-0.39, 0.29) is 5.82 Å². The Hall–Kier alpha value is -1.95. The molecular weight excluding hydrogens is 331 g/mol. The maximum atomic E-state index is 13.4. The number of hydrogen-bond acceptors (Lipinski definition) is 3. The summed E-state index contributed by atoms with van der Waals surface area (Å²) in [6.07, 6.45) is 4.94. The van der Waals surface area contributed by atoms with Gasteiger partial charge in [0.1, 0.15) is 5.82 Å². The number of nitrogens with zero attached hydrogens (tertiary/aromatic N) is 2. The highest BCUT2D eigenvalue weighted by Gasteiger charge is 2.14. The van der Waals surface area contributed by atoms with Crippen molar-refractivity contribution in [3.8, 4) is 0 Å². The minimum atomic E-state index is -0.392. The SMILES string of the molecule is C=CCCC(O)CN(CCOC)Cc1cccn1Cc1cccc(F)c1. The Kier molecular flexibility index (Phi) is 8.54. The Labute approximate surface area is 155 Å². The van der Waals surface area contributed by atoms with E-state index in [1.807, 2.05) is 24.4 Å². The first-order valence-electron chi connectivity index (χ1n) is 9.01. The Balaban J connectivity index is 2.03. The number of aromatic nitrogens is 1. The molecule has 0 aliphatic heterocycles. The van der Waals surface area contributed by atoms with E-state index in [2.05, 4.69) is 22.1 Å². The summed E-state index contributed by atoms with van der Waals surface area (Å²) in [4.78, 5) is 2.19. The van der Waals surface area contributed by atoms with Crippen molar-refractivity contribution in [2.75, 3.05) is 26.8 Å². The second kappa shape index (κ2) is 10.9. The van der Waals surface area contributed by atoms with Crippen molar-refractivity contribution in [1.29, 1.82) is 0 Å². The highest BCUT2D eigenvalue weighted by atomic mass is 19.1. The summed E-state index contributed by atoms with van der Waals surface area (Å²) in [5, 5.41) is 10.2. The Bertz CT molecular complexity index is 672. The van der Waals surface area contributed by atoms with Gasteiger partial charge in [-0.2, -0.15) is 0 Å². The first-order valence-corrected chi connectivity index (χ1v) is 9.01. The number of aliphatic hydroxyl groups is 1. The van der Waals surface area contributed by atoms with Crippen LogP contribution in [0.2, 0.25) is 0 Å². The van der Waals surface area contributed by atoms with E-state index in [1.165, 1.54) is 6.07 Å². The molecule has 0 aliphatic carbocycles. The molecule has 142 valence electrons. The lowest BCUT2D eigenvalue weighted by Gasteiger charge is -2.25. The molecule has 26 heavy (non-hydrogen) atoms. The predicted molar refractivity (Wildman–Crippen MR) is 103 cm³/mol. The van der Waals surface area contributed by atoms with Crippen molar-refractivity contribution in [2.24, 2.45) is 0 Å². The van der Waals surface area contributed by atoms with Crippen LogP contribution in [0.25, 0.3) is 0 Å². The van der Waals surface area contributed by atoms with Crippen LogP contribution in [-0.4, -0.2) is 47.5 Å². The number of benzene rings is 1. The van der Waals surface area contributed by atoms with E-state index in [1.54, 1.807) is 19.2 Å². The maximum absolute atomic E-state index is 13.4. The molecule has 2 rings (SSSR count). The molecule has 0 spiro atoms. The van der Waals surface area contributed by atoms with Crippen molar-refractivity contribution in [2.45, 2.75) is 32.0 Å². The fourth-order valence-electron chi connectivity index (χ4n) is 2.96. The van der Waals surface area contributed by atoms with E-state index in [9.17, 15) is 9.50 Å². The summed E-state index contributed by atoms with van der Waals surface area (Å²) in [6, 6.07) is 10.7. The van der Waals surface area contributed by atoms with Crippen LogP contribution in [0.15, 0.2) is 55.3 Å². The summed E-state index contributed by atoms with van der Waals surface area (Å²) >= 11 is 0. The van der Waals surface area contributed by atoms with Crippen LogP contribution < -0.4 is 0 Å². The summed E-state index contributed by atoms with van der Waals surface area (Å²) in [5.74, 6) is -0.219. The molecule has 1 atom stereocenters. The topological polar surface area (TPSA) is 37.6 Å². The first-order chi connectivity index (χ1) is 12.6. The lowest BCUT2D eigenvalue weighted by molar-refractivity contribution is 0.0797. The van der Waals surface area contributed by atoms with Crippen LogP contribution in [0.1, 0.15) is 24.1 Å². The van der Waals surface area contributed by atoms with E-state index in [0.29, 0.717) is 32.7 Å². The number of ether oxygens (including phenoxy) is 1. The maximum Gasteiger partial charge on any atom is 0.123 e. The molecule has 2 aromatic rings. The van der Waals surface area contributed by atoms with Crippen LogP contribution in [0.3, 0.4) is 0 Å². The van der Waals surface area contributed by atoms with Gasteiger partial charge in [0.05, 0.1) is 12.7 Å². The molecule has 1 aromatic heterocycles. The first kappa shape index (κ1) is 20.4. The van der Waals surface area contributed by atoms with Crippen LogP contribution in [0.5, 0.6) is 0 Å². The number of methoxy groups -OCH3 is 1. The van der Waals surface area contributed by atoms with Gasteiger partial charge >= 0.3 is 0 Å². The molecule has 1 N–H and O–H groups in total. The minimum absolute atomic E-state index is 0.219. The lowest BCUT2D eigenvalue weighted by atomic mass is 10.2. The van der Waals surface area contributed by atoms with Gasteiger partial charge < -0.3 is 14.4 Å². The Morgan fingerprint density at radius 1 is 1.35 bits per heavy atom. The molecule has 1 heterocycles. The van der Waals surface area contributed by atoms with Gasteiger partial charge in [-0.05, 0) is 42.7 Å². The molecule has 0 bridgehead atoms. The Morgan fingerprint density at radius 2 is 2.19 bits per heavy atom. The van der Waals surface area contributed by atoms with Crippen LogP contribution in [0.4, 0.5) is 4.39 Å². The zero-order chi connectivity index (χ0) is 18.8. The predicted octanol–water partition coefficient (Wildman–Crippen LogP) is 3.45. The minimum Gasteiger partial charge on any atom is -0.392 e. The molecule has 0 aliphatic rings. The third-order valence-electron chi connectivity index (χ3n) is 4.34. The van der Waals surface area contributed by atoms with Gasteiger partial charge in [0.15, 0.2) is 0 Å². The van der Waals surface area contributed by atoms with E-state index in [4.69, 9.17) is 4.74 Å². The summed E-state index contributed by atoms with van der Waals surface area (Å²) in [6.45, 7) is 6.97. The van der Waals surface area contributed by atoms with E-state index < -0.39 is 6.10 Å². The zero-order valence-corrected chi connectivity index (χ0v) is 15.5. The molecule has 0 saturated heterocycles. The third kappa shape index (κ3) is 6.75. The Morgan fingerprint density at radius 3 is 2.92 bits per heavy atom. The standard InChI is InChI=1S/C21H29FN2O2/c1-3-4-10-21(25)17-23(12-13-26-2)16-20-9-6-11-24(20)15-18-7-5-8-19(22)14-18/h3,5-9,11,14,21,25H,1,4,10,12-13,15-17H2,2H3. The molecule has 1 unspecified atom stereocenters. The van der Waals surface area contributed by atoms with Gasteiger partial charge in [0, 0.05) is 45.2 Å². The molecule has 5 heteroatoms. The number of hydrogen-bond donors (Lipinski definition) is 1. The number of aliphatic hydroxyl groups excluding tert-OH is 1. The normalized spacial score (nSPS) is 12.5. The van der Waals surface area contributed by atoms with Crippen LogP contribution >= 0.6 is 0 Å². The molecule has 0 saturated carbocycles. The number of rotatable bonds is 12. The monoisotopic (exact) mass is 360 g/mol. The number of allylic oxidation sites excluding steroid dienone is 1. The molecule has 4 nitrogen and oxygen atoms in total. The molecule has 0 amide bonds. The molecule has 0 fully saturated rings. The second-order valence-corrected chi connectivity index (χ2v) is 6.51. The van der Waals surface area contributed by atoms with Crippen molar-refractivity contribution in [1.82, 2.24) is 9.47 Å². The van der Waals surface area contributed by atoms with Crippen LogP contribution in [0, 0.1) is 5.82 Å². The second-order valence-electron chi connectivity index (χ2n) is 6.51. The summed E-state index contributed by atoms with van der Waals surface area (Å²) in [7, 11) is 1.68. The number of halogens is 1. The van der Waals surface area contributed by atoms with E-state index in [0.717, 1.165) is 24.2 Å². The average Bonchev–Trinajstić information content (AvgIpc) is 3.04. The van der Waals surface area contributed by atoms with Crippen molar-refractivity contribution < 1.29 is 14.2 Å². The fourth-order valence-corrected chi connectivity index (χ4v) is 2.96. The van der Waals surface area contributed by atoms with Gasteiger partial charge in [0.25, 0.3) is 0 Å². The van der Waals surface area contributed by atoms with Gasteiger partial charge in [-0.15, -0.1) is 6.58 Å².